The van der Waals surface area contributed by atoms with Crippen LogP contribution in [0.4, 0.5) is 4.79 Å². The van der Waals surface area contributed by atoms with E-state index in [1.54, 1.807) is 0 Å². The van der Waals surface area contributed by atoms with Gasteiger partial charge < -0.3 is 10.0 Å². The number of hydrogen-bond donors (Lipinski definition) is 1. The second kappa shape index (κ2) is 5.69. The summed E-state index contributed by atoms with van der Waals surface area (Å²) in [6.07, 6.45) is -1.18. The molecule has 0 aromatic heterocycles. The minimum Gasteiger partial charge on any atom is -0.465 e. The fourth-order valence-corrected chi connectivity index (χ4v) is 3.40. The van der Waals surface area contributed by atoms with Crippen LogP contribution in [0.1, 0.15) is 6.42 Å². The number of piperazine rings is 1. The average Bonchev–Trinajstić information content (AvgIpc) is 2.28. The number of sulfonamides is 1. The first kappa shape index (κ1) is 14.9. The Morgan fingerprint density at radius 3 is 2.61 bits per heavy atom. The number of carboxylic acid groups (broad SMARTS) is 1. The normalized spacial score (nSPS) is 21.3. The van der Waals surface area contributed by atoms with Gasteiger partial charge in [-0.05, 0) is 15.9 Å². The third kappa shape index (κ3) is 3.01. The molecule has 18 heavy (non-hydrogen) atoms. The maximum Gasteiger partial charge on any atom is 0.407 e. The van der Waals surface area contributed by atoms with Crippen LogP contribution >= 0.6 is 15.9 Å². The van der Waals surface area contributed by atoms with E-state index in [-0.39, 0.29) is 29.9 Å². The van der Waals surface area contributed by atoms with Crippen LogP contribution in [0.5, 0.6) is 0 Å². The van der Waals surface area contributed by atoms with Crippen LogP contribution in [0.15, 0.2) is 10.4 Å². The molecule has 1 N–H and O–H groups in total. The van der Waals surface area contributed by atoms with Crippen LogP contribution in [0.25, 0.3) is 0 Å². The van der Waals surface area contributed by atoms with Gasteiger partial charge in [0.05, 0.1) is 18.5 Å². The molecule has 1 aliphatic heterocycles. The number of amides is 1. The van der Waals surface area contributed by atoms with Gasteiger partial charge in [-0.3, -0.25) is 0 Å². The van der Waals surface area contributed by atoms with Crippen molar-refractivity contribution >= 4 is 32.0 Å². The Bertz CT molecular complexity index is 498. The molecule has 0 aromatic rings. The fourth-order valence-electron chi connectivity index (χ4n) is 1.73. The maximum absolute atomic E-state index is 12.0. The summed E-state index contributed by atoms with van der Waals surface area (Å²) in [5, 5.41) is 17.6. The van der Waals surface area contributed by atoms with E-state index in [2.05, 4.69) is 22.5 Å². The summed E-state index contributed by atoms with van der Waals surface area (Å²) in [5.41, 5.74) is 0. The number of hydrogen-bond acceptors (Lipinski definition) is 4. The molecule has 0 aliphatic carbocycles. The van der Waals surface area contributed by atoms with Crippen molar-refractivity contribution in [2.45, 2.75) is 12.5 Å². The highest BCUT2D eigenvalue weighted by molar-refractivity contribution is 9.13. The molecule has 1 unspecified atom stereocenters. The summed E-state index contributed by atoms with van der Waals surface area (Å²) in [4.78, 5) is 11.9. The van der Waals surface area contributed by atoms with Crippen molar-refractivity contribution in [2.24, 2.45) is 0 Å². The van der Waals surface area contributed by atoms with Crippen molar-refractivity contribution in [3.05, 3.63) is 10.4 Å². The molecule has 0 radical (unpaired) electrons. The van der Waals surface area contributed by atoms with Gasteiger partial charge in [-0.15, -0.1) is 0 Å². The standard InChI is InChI=1S/C9H12BrN3O4S/c1-7(10)18(16,17)13-5-4-12(9(14)15)6-8(13)2-3-11/h8H,1-2,4-6H2,(H,14,15). The van der Waals surface area contributed by atoms with E-state index >= 15 is 0 Å². The lowest BCUT2D eigenvalue weighted by Gasteiger charge is -2.38. The molecular weight excluding hydrogens is 326 g/mol. The monoisotopic (exact) mass is 337 g/mol. The predicted molar refractivity (Wildman–Crippen MR) is 67.3 cm³/mol. The number of nitrogens with zero attached hydrogens (tertiary/aromatic N) is 3. The SMILES string of the molecule is C=C(Br)S(=O)(=O)N1CCN(C(=O)O)CC1CC#N. The van der Waals surface area contributed by atoms with Gasteiger partial charge in [0, 0.05) is 19.6 Å². The summed E-state index contributed by atoms with van der Waals surface area (Å²) in [5.74, 6) is 0. The van der Waals surface area contributed by atoms with Crippen molar-refractivity contribution < 1.29 is 18.3 Å². The third-order valence-corrected chi connectivity index (χ3v) is 5.50. The zero-order valence-electron chi connectivity index (χ0n) is 9.41. The van der Waals surface area contributed by atoms with Crippen LogP contribution in [-0.2, 0) is 10.0 Å². The molecule has 0 aromatic carbocycles. The van der Waals surface area contributed by atoms with Crippen LogP contribution < -0.4 is 0 Å². The Hall–Kier alpha value is -1.11. The number of carbonyl (C=O) groups is 1. The summed E-state index contributed by atoms with van der Waals surface area (Å²) in [6.45, 7) is 3.41. The summed E-state index contributed by atoms with van der Waals surface area (Å²) in [6, 6.07) is 1.19. The molecule has 1 saturated heterocycles. The van der Waals surface area contributed by atoms with E-state index in [1.807, 2.05) is 6.07 Å². The predicted octanol–water partition coefficient (Wildman–Crippen LogP) is 0.760. The topological polar surface area (TPSA) is 102 Å². The smallest absolute Gasteiger partial charge is 0.407 e. The van der Waals surface area contributed by atoms with E-state index in [4.69, 9.17) is 10.4 Å². The molecule has 7 nitrogen and oxygen atoms in total. The number of rotatable bonds is 3. The molecule has 0 saturated carbocycles. The quantitative estimate of drug-likeness (QED) is 0.819. The zero-order valence-corrected chi connectivity index (χ0v) is 11.8. The lowest BCUT2D eigenvalue weighted by Crippen LogP contribution is -2.56. The van der Waals surface area contributed by atoms with Crippen molar-refractivity contribution in [1.29, 1.82) is 5.26 Å². The molecule has 1 fully saturated rings. The van der Waals surface area contributed by atoms with E-state index < -0.39 is 22.2 Å². The number of nitriles is 1. The van der Waals surface area contributed by atoms with Gasteiger partial charge >= 0.3 is 6.09 Å². The largest absolute Gasteiger partial charge is 0.465 e. The van der Waals surface area contributed by atoms with E-state index in [0.29, 0.717) is 0 Å². The summed E-state index contributed by atoms with van der Waals surface area (Å²) < 4.78 is 24.8. The van der Waals surface area contributed by atoms with Gasteiger partial charge in [-0.1, -0.05) is 6.58 Å². The number of halogens is 1. The highest BCUT2D eigenvalue weighted by atomic mass is 79.9. The van der Waals surface area contributed by atoms with Gasteiger partial charge in [-0.25, -0.2) is 13.2 Å². The Morgan fingerprint density at radius 1 is 1.56 bits per heavy atom. The fraction of sp³-hybridized carbons (Fsp3) is 0.556. The van der Waals surface area contributed by atoms with Crippen molar-refractivity contribution in [1.82, 2.24) is 9.21 Å². The molecule has 0 spiro atoms. The molecule has 1 atom stereocenters. The minimum atomic E-state index is -3.74. The lowest BCUT2D eigenvalue weighted by atomic mass is 10.1. The molecule has 1 heterocycles. The molecular formula is C9H12BrN3O4S. The zero-order chi connectivity index (χ0) is 13.9. The highest BCUT2D eigenvalue weighted by Crippen LogP contribution is 2.24. The Labute approximate surface area is 113 Å². The van der Waals surface area contributed by atoms with Crippen LogP contribution in [0.2, 0.25) is 0 Å². The van der Waals surface area contributed by atoms with Crippen molar-refractivity contribution in [3.8, 4) is 6.07 Å². The minimum absolute atomic E-state index is 0.0115. The van der Waals surface area contributed by atoms with Gasteiger partial charge in [0.25, 0.3) is 0 Å². The Morgan fingerprint density at radius 2 is 2.17 bits per heavy atom. The molecule has 1 amide bonds. The molecule has 0 bridgehead atoms. The first-order valence-corrected chi connectivity index (χ1v) is 7.25. The van der Waals surface area contributed by atoms with E-state index in [9.17, 15) is 13.2 Å². The van der Waals surface area contributed by atoms with Crippen LogP contribution in [0, 0.1) is 11.3 Å². The van der Waals surface area contributed by atoms with Crippen LogP contribution in [0.3, 0.4) is 0 Å². The van der Waals surface area contributed by atoms with Crippen molar-refractivity contribution in [3.63, 3.8) is 0 Å². The summed E-state index contributed by atoms with van der Waals surface area (Å²) in [7, 11) is -3.74. The van der Waals surface area contributed by atoms with Gasteiger partial charge in [0.1, 0.15) is 3.81 Å². The van der Waals surface area contributed by atoms with Gasteiger partial charge in [-0.2, -0.15) is 9.57 Å². The average molecular weight is 338 g/mol. The van der Waals surface area contributed by atoms with Crippen molar-refractivity contribution in [2.75, 3.05) is 19.6 Å². The van der Waals surface area contributed by atoms with Gasteiger partial charge in [0.15, 0.2) is 0 Å². The lowest BCUT2D eigenvalue weighted by molar-refractivity contribution is 0.106. The third-order valence-electron chi connectivity index (χ3n) is 2.61. The van der Waals surface area contributed by atoms with E-state index in [0.717, 1.165) is 9.21 Å². The van der Waals surface area contributed by atoms with E-state index in [1.165, 1.54) is 0 Å². The summed E-state index contributed by atoms with van der Waals surface area (Å²) >= 11 is 2.82. The first-order chi connectivity index (χ1) is 8.30. The second-order valence-electron chi connectivity index (χ2n) is 3.72. The maximum atomic E-state index is 12.0. The Kier molecular flexibility index (Phi) is 4.72. The molecule has 9 heteroatoms. The first-order valence-electron chi connectivity index (χ1n) is 5.01. The van der Waals surface area contributed by atoms with Gasteiger partial charge in [0.2, 0.25) is 10.0 Å². The molecule has 1 rings (SSSR count). The van der Waals surface area contributed by atoms with Crippen LogP contribution in [-0.4, -0.2) is 54.5 Å². The molecule has 1 aliphatic rings. The molecule has 100 valence electrons. The highest BCUT2D eigenvalue weighted by Gasteiger charge is 2.37. The Balaban J connectivity index is 2.97. The second-order valence-corrected chi connectivity index (χ2v) is 7.11.